The number of nitrogens with zero attached hydrogens (tertiary/aromatic N) is 1. The van der Waals surface area contributed by atoms with Crippen LogP contribution in [0.2, 0.25) is 0 Å². The van der Waals surface area contributed by atoms with Crippen molar-refractivity contribution in [1.29, 1.82) is 0 Å². The van der Waals surface area contributed by atoms with Crippen molar-refractivity contribution in [1.82, 2.24) is 4.90 Å². The van der Waals surface area contributed by atoms with E-state index in [1.165, 1.54) is 114 Å². The molecule has 0 bridgehead atoms. The monoisotopic (exact) mass is 480 g/mol. The van der Waals surface area contributed by atoms with Crippen molar-refractivity contribution >= 4 is 17.8 Å². The molecular weight excluding hydrogens is 432 g/mol. The standard InChI is InChI=1S/C27H48N2O3S/c1-2-3-4-5-6-7-8-9-10-11-12-13-14-15-16-17-20-29(27(28)32)21-22-33-24-18-19-25(30)26(31)23-24/h18-19,23,30-31H,2-17,20-22H2,1H3,(H2,28,32). The number of thioether (sulfide) groups is 1. The Morgan fingerprint density at radius 1 is 0.758 bits per heavy atom. The normalized spacial score (nSPS) is 11.1. The highest BCUT2D eigenvalue weighted by molar-refractivity contribution is 7.99. The Morgan fingerprint density at radius 3 is 1.70 bits per heavy atom. The predicted molar refractivity (Wildman–Crippen MR) is 141 cm³/mol. The minimum Gasteiger partial charge on any atom is -0.504 e. The van der Waals surface area contributed by atoms with Gasteiger partial charge in [-0.25, -0.2) is 4.79 Å². The number of hydrogen-bond acceptors (Lipinski definition) is 4. The molecular formula is C27H48N2O3S. The number of primary amides is 1. The van der Waals surface area contributed by atoms with E-state index in [0.29, 0.717) is 18.8 Å². The van der Waals surface area contributed by atoms with Crippen LogP contribution < -0.4 is 5.73 Å². The van der Waals surface area contributed by atoms with Gasteiger partial charge in [0.1, 0.15) is 0 Å². The molecule has 0 spiro atoms. The summed E-state index contributed by atoms with van der Waals surface area (Å²) in [5.74, 6) is 0.452. The molecule has 0 radical (unpaired) electrons. The molecule has 0 fully saturated rings. The zero-order chi connectivity index (χ0) is 24.2. The van der Waals surface area contributed by atoms with Crippen LogP contribution in [0.3, 0.4) is 0 Å². The van der Waals surface area contributed by atoms with Crippen molar-refractivity contribution in [3.8, 4) is 11.5 Å². The molecule has 1 rings (SSSR count). The van der Waals surface area contributed by atoms with Crippen LogP contribution in [0.4, 0.5) is 4.79 Å². The van der Waals surface area contributed by atoms with Crippen LogP contribution >= 0.6 is 11.8 Å². The molecule has 190 valence electrons. The van der Waals surface area contributed by atoms with Crippen LogP contribution in [0.15, 0.2) is 23.1 Å². The van der Waals surface area contributed by atoms with Crippen molar-refractivity contribution in [3.05, 3.63) is 18.2 Å². The van der Waals surface area contributed by atoms with Gasteiger partial charge >= 0.3 is 6.03 Å². The third-order valence-electron chi connectivity index (χ3n) is 6.17. The third-order valence-corrected chi connectivity index (χ3v) is 7.14. The number of urea groups is 1. The summed E-state index contributed by atoms with van der Waals surface area (Å²) < 4.78 is 0. The molecule has 1 aromatic rings. The number of aromatic hydroxyl groups is 2. The highest BCUT2D eigenvalue weighted by Gasteiger charge is 2.09. The number of benzene rings is 1. The maximum absolute atomic E-state index is 11.7. The molecule has 0 saturated carbocycles. The number of phenols is 2. The fraction of sp³-hybridized carbons (Fsp3) is 0.741. The number of unbranched alkanes of at least 4 members (excludes halogenated alkanes) is 15. The number of carbonyl (C=O) groups is 1. The average Bonchev–Trinajstić information content (AvgIpc) is 2.79. The predicted octanol–water partition coefficient (Wildman–Crippen LogP) is 7.83. The quantitative estimate of drug-likeness (QED) is 0.0950. The second kappa shape index (κ2) is 19.9. The smallest absolute Gasteiger partial charge is 0.314 e. The lowest BCUT2D eigenvalue weighted by atomic mass is 10.0. The van der Waals surface area contributed by atoms with Crippen molar-refractivity contribution in [2.75, 3.05) is 18.8 Å². The summed E-state index contributed by atoms with van der Waals surface area (Å²) in [5.41, 5.74) is 5.53. The van der Waals surface area contributed by atoms with Crippen LogP contribution in [-0.4, -0.2) is 40.0 Å². The molecule has 5 nitrogen and oxygen atoms in total. The molecule has 4 N–H and O–H groups in total. The van der Waals surface area contributed by atoms with Gasteiger partial charge in [0.25, 0.3) is 0 Å². The van der Waals surface area contributed by atoms with E-state index in [1.54, 1.807) is 11.0 Å². The summed E-state index contributed by atoms with van der Waals surface area (Å²) in [7, 11) is 0. The minimum absolute atomic E-state index is 0.124. The zero-order valence-corrected chi connectivity index (χ0v) is 21.7. The van der Waals surface area contributed by atoms with Gasteiger partial charge in [0, 0.05) is 23.7 Å². The molecule has 0 aliphatic rings. The Hall–Kier alpha value is -1.56. The number of carbonyl (C=O) groups excluding carboxylic acids is 1. The SMILES string of the molecule is CCCCCCCCCCCCCCCCCCN(CCSc1ccc(O)c(O)c1)C(N)=O. The fourth-order valence-electron chi connectivity index (χ4n) is 4.05. The topological polar surface area (TPSA) is 86.8 Å². The van der Waals surface area contributed by atoms with Gasteiger partial charge in [-0.05, 0) is 24.6 Å². The summed E-state index contributed by atoms with van der Waals surface area (Å²) in [6.07, 6.45) is 21.3. The third kappa shape index (κ3) is 15.8. The van der Waals surface area contributed by atoms with Gasteiger partial charge in [-0.2, -0.15) is 0 Å². The number of amides is 2. The molecule has 0 aliphatic carbocycles. The molecule has 1 aromatic carbocycles. The lowest BCUT2D eigenvalue weighted by Gasteiger charge is -2.20. The first-order valence-electron chi connectivity index (χ1n) is 13.2. The molecule has 0 heterocycles. The Morgan fingerprint density at radius 2 is 1.24 bits per heavy atom. The number of nitrogens with two attached hydrogens (primary N) is 1. The van der Waals surface area contributed by atoms with Gasteiger partial charge < -0.3 is 20.8 Å². The average molecular weight is 481 g/mol. The highest BCUT2D eigenvalue weighted by Crippen LogP contribution is 2.29. The molecule has 6 heteroatoms. The van der Waals surface area contributed by atoms with Gasteiger partial charge in [0.15, 0.2) is 11.5 Å². The van der Waals surface area contributed by atoms with Crippen LogP contribution in [0.25, 0.3) is 0 Å². The van der Waals surface area contributed by atoms with Crippen molar-refractivity contribution < 1.29 is 15.0 Å². The number of hydrogen-bond donors (Lipinski definition) is 3. The summed E-state index contributed by atoms with van der Waals surface area (Å²) in [5, 5.41) is 18.9. The first-order chi connectivity index (χ1) is 16.0. The van der Waals surface area contributed by atoms with Gasteiger partial charge in [-0.3, -0.25) is 0 Å². The van der Waals surface area contributed by atoms with E-state index >= 15 is 0 Å². The van der Waals surface area contributed by atoms with Gasteiger partial charge in [0.05, 0.1) is 0 Å². The maximum Gasteiger partial charge on any atom is 0.314 e. The van der Waals surface area contributed by atoms with Crippen molar-refractivity contribution in [3.63, 3.8) is 0 Å². The molecule has 0 aliphatic heterocycles. The van der Waals surface area contributed by atoms with Gasteiger partial charge in [-0.15, -0.1) is 11.8 Å². The van der Waals surface area contributed by atoms with Gasteiger partial charge in [-0.1, -0.05) is 103 Å². The van der Waals surface area contributed by atoms with Crippen LogP contribution in [0.5, 0.6) is 11.5 Å². The molecule has 33 heavy (non-hydrogen) atoms. The number of phenolic OH excluding ortho intramolecular Hbond substituents is 2. The van der Waals surface area contributed by atoms with Crippen LogP contribution in [0, 0.1) is 0 Å². The van der Waals surface area contributed by atoms with Gasteiger partial charge in [0.2, 0.25) is 0 Å². The Bertz CT molecular complexity index is 627. The lowest BCUT2D eigenvalue weighted by molar-refractivity contribution is 0.209. The van der Waals surface area contributed by atoms with E-state index in [4.69, 9.17) is 5.73 Å². The van der Waals surface area contributed by atoms with E-state index in [9.17, 15) is 15.0 Å². The number of rotatable bonds is 21. The molecule has 0 atom stereocenters. The maximum atomic E-state index is 11.7. The summed E-state index contributed by atoms with van der Waals surface area (Å²) in [6.45, 7) is 3.56. The lowest BCUT2D eigenvalue weighted by Crippen LogP contribution is -2.38. The Kier molecular flexibility index (Phi) is 17.7. The van der Waals surface area contributed by atoms with E-state index in [-0.39, 0.29) is 17.5 Å². The second-order valence-electron chi connectivity index (χ2n) is 9.13. The van der Waals surface area contributed by atoms with Crippen LogP contribution in [-0.2, 0) is 0 Å². The summed E-state index contributed by atoms with van der Waals surface area (Å²) >= 11 is 1.53. The fourth-order valence-corrected chi connectivity index (χ4v) is 4.96. The summed E-state index contributed by atoms with van der Waals surface area (Å²) in [6, 6.07) is 4.39. The zero-order valence-electron chi connectivity index (χ0n) is 20.9. The first kappa shape index (κ1) is 29.5. The Labute approximate surface area is 206 Å². The molecule has 0 aromatic heterocycles. The molecule has 2 amide bonds. The van der Waals surface area contributed by atoms with Crippen molar-refractivity contribution in [2.45, 2.75) is 115 Å². The second-order valence-corrected chi connectivity index (χ2v) is 10.3. The molecule has 0 saturated heterocycles. The highest BCUT2D eigenvalue weighted by atomic mass is 32.2. The van der Waals surface area contributed by atoms with E-state index < -0.39 is 0 Å². The Balaban J connectivity index is 1.94. The molecule has 0 unspecified atom stereocenters. The summed E-state index contributed by atoms with van der Waals surface area (Å²) in [4.78, 5) is 14.3. The van der Waals surface area contributed by atoms with Crippen molar-refractivity contribution in [2.24, 2.45) is 5.73 Å². The minimum atomic E-state index is -0.370. The largest absolute Gasteiger partial charge is 0.504 e. The van der Waals surface area contributed by atoms with Crippen LogP contribution in [0.1, 0.15) is 110 Å². The van der Waals surface area contributed by atoms with E-state index in [2.05, 4.69) is 6.92 Å². The van der Waals surface area contributed by atoms with E-state index in [0.717, 1.165) is 17.7 Å². The van der Waals surface area contributed by atoms with E-state index in [1.807, 2.05) is 0 Å². The first-order valence-corrected chi connectivity index (χ1v) is 14.2.